The predicted molar refractivity (Wildman–Crippen MR) is 66.7 cm³/mol. The summed E-state index contributed by atoms with van der Waals surface area (Å²) in [7, 11) is 1.52. The van der Waals surface area contributed by atoms with Crippen LogP contribution in [0.4, 0.5) is 4.79 Å². The van der Waals surface area contributed by atoms with Crippen LogP contribution in [0.25, 0.3) is 0 Å². The van der Waals surface area contributed by atoms with Crippen molar-refractivity contribution in [3.8, 4) is 0 Å². The van der Waals surface area contributed by atoms with Gasteiger partial charge in [0, 0.05) is 13.7 Å². The molecule has 0 saturated carbocycles. The zero-order chi connectivity index (χ0) is 14.5. The monoisotopic (exact) mass is 270 g/mol. The summed E-state index contributed by atoms with van der Waals surface area (Å²) in [4.78, 5) is 23.0. The van der Waals surface area contributed by atoms with Crippen molar-refractivity contribution in [3.05, 3.63) is 24.2 Å². The molecule has 1 heterocycles. The van der Waals surface area contributed by atoms with Gasteiger partial charge < -0.3 is 24.9 Å². The second kappa shape index (κ2) is 6.24. The number of carbonyl (C=O) groups is 2. The van der Waals surface area contributed by atoms with E-state index in [1.54, 1.807) is 13.0 Å². The molecule has 3 N–H and O–H groups in total. The molecule has 2 unspecified atom stereocenters. The van der Waals surface area contributed by atoms with Crippen molar-refractivity contribution in [2.24, 2.45) is 0 Å². The summed E-state index contributed by atoms with van der Waals surface area (Å²) in [6.07, 6.45) is 1.19. The minimum atomic E-state index is -1.62. The Morgan fingerprint density at radius 3 is 2.74 bits per heavy atom. The van der Waals surface area contributed by atoms with Gasteiger partial charge in [-0.2, -0.15) is 0 Å². The molecule has 106 valence electrons. The third kappa shape index (κ3) is 3.72. The fourth-order valence-electron chi connectivity index (χ4n) is 1.37. The standard InChI is InChI=1S/C12H18N2O5/c1-8(18-3)7-13-11(17)14-12(2,10(15)16)9-5-4-6-19-9/h4-6,8H,7H2,1-3H3,(H,15,16)(H2,13,14,17). The van der Waals surface area contributed by atoms with E-state index in [9.17, 15) is 14.7 Å². The number of hydrogen-bond donors (Lipinski definition) is 3. The fraction of sp³-hybridized carbons (Fsp3) is 0.500. The smallest absolute Gasteiger partial charge is 0.337 e. The number of carboxylic acids is 1. The molecule has 0 bridgehead atoms. The molecule has 0 spiro atoms. The summed E-state index contributed by atoms with van der Waals surface area (Å²) in [5, 5.41) is 14.2. The molecular formula is C12H18N2O5. The number of urea groups is 1. The van der Waals surface area contributed by atoms with E-state index in [1.165, 1.54) is 26.4 Å². The van der Waals surface area contributed by atoms with Gasteiger partial charge in [0.05, 0.1) is 12.4 Å². The van der Waals surface area contributed by atoms with E-state index in [0.29, 0.717) is 0 Å². The van der Waals surface area contributed by atoms with Crippen LogP contribution in [0.1, 0.15) is 19.6 Å². The molecule has 0 aliphatic heterocycles. The van der Waals surface area contributed by atoms with Gasteiger partial charge in [0.2, 0.25) is 0 Å². The van der Waals surface area contributed by atoms with Crippen LogP contribution in [0, 0.1) is 0 Å². The third-order valence-corrected chi connectivity index (χ3v) is 2.76. The number of nitrogens with one attached hydrogen (secondary N) is 2. The lowest BCUT2D eigenvalue weighted by atomic mass is 9.99. The lowest BCUT2D eigenvalue weighted by Crippen LogP contribution is -2.53. The number of carbonyl (C=O) groups excluding carboxylic acids is 1. The van der Waals surface area contributed by atoms with E-state index in [2.05, 4.69) is 10.6 Å². The Labute approximate surface area is 110 Å². The van der Waals surface area contributed by atoms with Gasteiger partial charge in [-0.3, -0.25) is 0 Å². The minimum absolute atomic E-state index is 0.148. The van der Waals surface area contributed by atoms with Crippen molar-refractivity contribution < 1.29 is 23.8 Å². The van der Waals surface area contributed by atoms with Gasteiger partial charge in [0.1, 0.15) is 5.76 Å². The van der Waals surface area contributed by atoms with Crippen LogP contribution in [-0.4, -0.2) is 36.9 Å². The van der Waals surface area contributed by atoms with Gasteiger partial charge in [-0.05, 0) is 26.0 Å². The highest BCUT2D eigenvalue weighted by Gasteiger charge is 2.39. The van der Waals surface area contributed by atoms with E-state index in [-0.39, 0.29) is 18.4 Å². The number of furan rings is 1. The molecule has 7 nitrogen and oxygen atoms in total. The Kier molecular flexibility index (Phi) is 4.94. The van der Waals surface area contributed by atoms with Crippen molar-refractivity contribution in [2.45, 2.75) is 25.5 Å². The second-order valence-electron chi connectivity index (χ2n) is 4.29. The summed E-state index contributed by atoms with van der Waals surface area (Å²) >= 11 is 0. The van der Waals surface area contributed by atoms with Crippen LogP contribution < -0.4 is 10.6 Å². The van der Waals surface area contributed by atoms with Gasteiger partial charge in [0.15, 0.2) is 5.54 Å². The Balaban J connectivity index is 2.70. The first-order valence-electron chi connectivity index (χ1n) is 5.76. The Morgan fingerprint density at radius 2 is 2.26 bits per heavy atom. The molecule has 0 aliphatic rings. The van der Waals surface area contributed by atoms with Crippen molar-refractivity contribution >= 4 is 12.0 Å². The number of rotatable bonds is 6. The SMILES string of the molecule is COC(C)CNC(=O)NC(C)(C(=O)O)c1ccco1. The molecule has 1 aromatic heterocycles. The lowest BCUT2D eigenvalue weighted by Gasteiger charge is -2.24. The normalized spacial score (nSPS) is 15.3. The summed E-state index contributed by atoms with van der Waals surface area (Å²) in [6, 6.07) is 2.44. The highest BCUT2D eigenvalue weighted by molar-refractivity contribution is 5.86. The largest absolute Gasteiger partial charge is 0.479 e. The van der Waals surface area contributed by atoms with Crippen LogP contribution in [0.5, 0.6) is 0 Å². The minimum Gasteiger partial charge on any atom is -0.479 e. The molecule has 1 aromatic rings. The highest BCUT2D eigenvalue weighted by Crippen LogP contribution is 2.21. The zero-order valence-electron chi connectivity index (χ0n) is 11.1. The van der Waals surface area contributed by atoms with Crippen molar-refractivity contribution in [1.82, 2.24) is 10.6 Å². The Bertz CT molecular complexity index is 431. The quantitative estimate of drug-likeness (QED) is 0.713. The first kappa shape index (κ1) is 15.0. The van der Waals surface area contributed by atoms with E-state index in [0.717, 1.165) is 0 Å². The maximum absolute atomic E-state index is 11.7. The lowest BCUT2D eigenvalue weighted by molar-refractivity contribution is -0.144. The van der Waals surface area contributed by atoms with Crippen LogP contribution in [0.15, 0.2) is 22.8 Å². The molecule has 2 atom stereocenters. The van der Waals surface area contributed by atoms with Gasteiger partial charge in [-0.1, -0.05) is 0 Å². The van der Waals surface area contributed by atoms with Crippen LogP contribution >= 0.6 is 0 Å². The van der Waals surface area contributed by atoms with Gasteiger partial charge in [0.25, 0.3) is 0 Å². The zero-order valence-corrected chi connectivity index (χ0v) is 11.1. The maximum Gasteiger partial charge on any atom is 0.337 e. The van der Waals surface area contributed by atoms with Crippen LogP contribution in [0.3, 0.4) is 0 Å². The van der Waals surface area contributed by atoms with E-state index >= 15 is 0 Å². The molecule has 0 aliphatic carbocycles. The van der Waals surface area contributed by atoms with Gasteiger partial charge >= 0.3 is 12.0 Å². The topological polar surface area (TPSA) is 101 Å². The predicted octanol–water partition coefficient (Wildman–Crippen LogP) is 0.914. The van der Waals surface area contributed by atoms with E-state index in [1.807, 2.05) is 0 Å². The maximum atomic E-state index is 11.7. The molecule has 2 amide bonds. The molecule has 0 aromatic carbocycles. The van der Waals surface area contributed by atoms with Crippen molar-refractivity contribution in [2.75, 3.05) is 13.7 Å². The van der Waals surface area contributed by atoms with Crippen LogP contribution in [0.2, 0.25) is 0 Å². The number of aliphatic carboxylic acids is 1. The van der Waals surface area contributed by atoms with Crippen molar-refractivity contribution in [3.63, 3.8) is 0 Å². The molecule has 0 saturated heterocycles. The molecule has 19 heavy (non-hydrogen) atoms. The summed E-state index contributed by atoms with van der Waals surface area (Å²) < 4.78 is 10.0. The molecule has 0 fully saturated rings. The number of amides is 2. The van der Waals surface area contributed by atoms with Crippen molar-refractivity contribution in [1.29, 1.82) is 0 Å². The summed E-state index contributed by atoms with van der Waals surface area (Å²) in [5.74, 6) is -1.06. The van der Waals surface area contributed by atoms with E-state index < -0.39 is 17.5 Å². The Morgan fingerprint density at radius 1 is 1.58 bits per heavy atom. The number of methoxy groups -OCH3 is 1. The fourth-order valence-corrected chi connectivity index (χ4v) is 1.37. The molecule has 7 heteroatoms. The molecule has 1 rings (SSSR count). The van der Waals surface area contributed by atoms with Crippen LogP contribution in [-0.2, 0) is 15.1 Å². The van der Waals surface area contributed by atoms with Gasteiger partial charge in [-0.15, -0.1) is 0 Å². The first-order chi connectivity index (χ1) is 8.90. The average Bonchev–Trinajstić information content (AvgIpc) is 2.89. The Hall–Kier alpha value is -2.02. The summed E-state index contributed by atoms with van der Waals surface area (Å²) in [6.45, 7) is 3.41. The third-order valence-electron chi connectivity index (χ3n) is 2.76. The molecular weight excluding hydrogens is 252 g/mol. The highest BCUT2D eigenvalue weighted by atomic mass is 16.5. The molecule has 0 radical (unpaired) electrons. The van der Waals surface area contributed by atoms with Gasteiger partial charge in [-0.25, -0.2) is 9.59 Å². The summed E-state index contributed by atoms with van der Waals surface area (Å²) in [5.41, 5.74) is -1.62. The number of hydrogen-bond acceptors (Lipinski definition) is 4. The number of ether oxygens (including phenoxy) is 1. The number of carboxylic acid groups (broad SMARTS) is 1. The first-order valence-corrected chi connectivity index (χ1v) is 5.76. The van der Waals surface area contributed by atoms with E-state index in [4.69, 9.17) is 9.15 Å². The second-order valence-corrected chi connectivity index (χ2v) is 4.29. The average molecular weight is 270 g/mol.